The summed E-state index contributed by atoms with van der Waals surface area (Å²) in [6.45, 7) is 17.9. The first kappa shape index (κ1) is 26.4. The quantitative estimate of drug-likeness (QED) is 0.301. The summed E-state index contributed by atoms with van der Waals surface area (Å²) in [5.41, 5.74) is 4.39. The van der Waals surface area contributed by atoms with Crippen LogP contribution >= 0.6 is 0 Å². The molecule has 2 fully saturated rings. The fourth-order valence-electron chi connectivity index (χ4n) is 9.26. The lowest BCUT2D eigenvalue weighted by atomic mass is 9.48. The van der Waals surface area contributed by atoms with E-state index in [-0.39, 0.29) is 45.8 Å². The maximum absolute atomic E-state index is 13.0. The van der Waals surface area contributed by atoms with Crippen molar-refractivity contribution in [1.82, 2.24) is 0 Å². The van der Waals surface area contributed by atoms with Crippen molar-refractivity contribution in [2.75, 3.05) is 7.11 Å². The minimum absolute atomic E-state index is 0.0193. The largest absolute Gasteiger partial charge is 0.469 e. The Kier molecular flexibility index (Phi) is 6.55. The fourth-order valence-corrected chi connectivity index (χ4v) is 9.26. The molecule has 194 valence electrons. The van der Waals surface area contributed by atoms with Crippen molar-refractivity contribution in [1.29, 1.82) is 0 Å². The van der Waals surface area contributed by atoms with E-state index < -0.39 is 5.92 Å². The second kappa shape index (κ2) is 8.70. The van der Waals surface area contributed by atoms with Gasteiger partial charge in [0, 0.05) is 30.1 Å². The van der Waals surface area contributed by atoms with Crippen LogP contribution in [0.1, 0.15) is 106 Å². The van der Waals surface area contributed by atoms with Gasteiger partial charge in [-0.05, 0) is 67.6 Å². The Balaban J connectivity index is 1.66. The normalized spacial score (nSPS) is 37.7. The molecule has 4 rings (SSSR count). The second-order valence-electron chi connectivity index (χ2n) is 13.3. The lowest BCUT2D eigenvalue weighted by Crippen LogP contribution is -2.50. The Labute approximate surface area is 212 Å². The van der Waals surface area contributed by atoms with Crippen molar-refractivity contribution < 1.29 is 19.1 Å². The number of esters is 1. The van der Waals surface area contributed by atoms with Gasteiger partial charge in [0.25, 0.3) is 0 Å². The fraction of sp³-hybridized carbons (Fsp3) is 0.774. The average Bonchev–Trinajstić information content (AvgIpc) is 3.32. The minimum atomic E-state index is -0.395. The van der Waals surface area contributed by atoms with Crippen LogP contribution in [0.5, 0.6) is 0 Å². The summed E-state index contributed by atoms with van der Waals surface area (Å²) in [6, 6.07) is 0. The van der Waals surface area contributed by atoms with Gasteiger partial charge in [0.2, 0.25) is 0 Å². The van der Waals surface area contributed by atoms with Gasteiger partial charge in [-0.2, -0.15) is 0 Å². The molecule has 0 aromatic carbocycles. The van der Waals surface area contributed by atoms with Gasteiger partial charge >= 0.3 is 5.97 Å². The number of Topliss-reactive ketones (excluding diaryl/α,β-unsaturated/α-hetero) is 2. The van der Waals surface area contributed by atoms with Crippen LogP contribution in [-0.4, -0.2) is 24.6 Å². The van der Waals surface area contributed by atoms with E-state index in [1.165, 1.54) is 12.7 Å². The molecule has 2 saturated carbocycles. The zero-order chi connectivity index (χ0) is 26.0. The highest BCUT2D eigenvalue weighted by molar-refractivity contribution is 5.86. The molecule has 0 N–H and O–H groups in total. The summed E-state index contributed by atoms with van der Waals surface area (Å²) < 4.78 is 4.83. The number of hydrogen-bond donors (Lipinski definition) is 0. The Hall–Kier alpha value is -1.71. The smallest absolute Gasteiger partial charge is 0.308 e. The summed E-state index contributed by atoms with van der Waals surface area (Å²) in [6.07, 6.45) is 8.81. The van der Waals surface area contributed by atoms with E-state index in [1.54, 1.807) is 18.1 Å². The Morgan fingerprint density at radius 1 is 0.971 bits per heavy atom. The van der Waals surface area contributed by atoms with Crippen LogP contribution in [0.3, 0.4) is 0 Å². The monoisotopic (exact) mass is 482 g/mol. The standard InChI is InChI=1S/C31H46O4/c1-19(27(34)35-8)17-22(32)18-21(3)30(7)15-11-20(2)31(30)16-12-23-24(31)9-10-25-28(4,5)26(33)13-14-29(23,25)6/h19,21,25H,2,9-18H2,1,3-8H3/t19-,21-,25+,29-,30+,31+/m1/s1. The molecule has 4 aliphatic carbocycles. The molecule has 0 saturated heterocycles. The van der Waals surface area contributed by atoms with Crippen LogP contribution in [0.15, 0.2) is 23.3 Å². The number of ether oxygens (including phenoxy) is 1. The van der Waals surface area contributed by atoms with Gasteiger partial charge in [0.1, 0.15) is 11.6 Å². The van der Waals surface area contributed by atoms with Gasteiger partial charge in [-0.1, -0.05) is 64.8 Å². The molecule has 0 radical (unpaired) electrons. The predicted octanol–water partition coefficient (Wildman–Crippen LogP) is 7.02. The highest BCUT2D eigenvalue weighted by Crippen LogP contribution is 2.73. The lowest BCUT2D eigenvalue weighted by Gasteiger charge is -2.55. The Morgan fingerprint density at radius 2 is 1.66 bits per heavy atom. The summed E-state index contributed by atoms with van der Waals surface area (Å²) in [7, 11) is 1.38. The van der Waals surface area contributed by atoms with E-state index in [9.17, 15) is 14.4 Å². The Morgan fingerprint density at radius 3 is 2.31 bits per heavy atom. The lowest BCUT2D eigenvalue weighted by molar-refractivity contribution is -0.146. The number of carbonyl (C=O) groups excluding carboxylic acids is 3. The molecule has 0 amide bonds. The van der Waals surface area contributed by atoms with Crippen LogP contribution < -0.4 is 0 Å². The van der Waals surface area contributed by atoms with Crippen molar-refractivity contribution in [3.8, 4) is 0 Å². The molecule has 6 atom stereocenters. The van der Waals surface area contributed by atoms with Crippen molar-refractivity contribution in [3.63, 3.8) is 0 Å². The van der Waals surface area contributed by atoms with E-state index >= 15 is 0 Å². The second-order valence-corrected chi connectivity index (χ2v) is 13.3. The number of methoxy groups -OCH3 is 1. The number of hydrogen-bond acceptors (Lipinski definition) is 4. The molecule has 0 aromatic heterocycles. The first-order valence-electron chi connectivity index (χ1n) is 13.8. The van der Waals surface area contributed by atoms with Crippen LogP contribution in [0.2, 0.25) is 0 Å². The van der Waals surface area contributed by atoms with Crippen LogP contribution in [0, 0.1) is 39.4 Å². The van der Waals surface area contributed by atoms with Crippen molar-refractivity contribution in [2.24, 2.45) is 39.4 Å². The maximum atomic E-state index is 13.0. The van der Waals surface area contributed by atoms with E-state index in [0.29, 0.717) is 24.5 Å². The summed E-state index contributed by atoms with van der Waals surface area (Å²) in [5.74, 6) is 0.492. The number of fused-ring (bicyclic) bond motifs is 3. The zero-order valence-corrected chi connectivity index (χ0v) is 23.1. The minimum Gasteiger partial charge on any atom is -0.469 e. The van der Waals surface area contributed by atoms with E-state index in [4.69, 9.17) is 4.74 Å². The number of ketones is 2. The highest BCUT2D eigenvalue weighted by atomic mass is 16.5. The average molecular weight is 483 g/mol. The van der Waals surface area contributed by atoms with Gasteiger partial charge in [0.15, 0.2) is 0 Å². The van der Waals surface area contributed by atoms with Crippen molar-refractivity contribution >= 4 is 17.5 Å². The first-order chi connectivity index (χ1) is 16.3. The van der Waals surface area contributed by atoms with Gasteiger partial charge in [-0.25, -0.2) is 0 Å². The maximum Gasteiger partial charge on any atom is 0.308 e. The summed E-state index contributed by atoms with van der Waals surface area (Å²) in [4.78, 5) is 37.7. The van der Waals surface area contributed by atoms with Crippen LogP contribution in [0.4, 0.5) is 0 Å². The Bertz CT molecular complexity index is 986. The van der Waals surface area contributed by atoms with Crippen LogP contribution in [-0.2, 0) is 19.1 Å². The highest BCUT2D eigenvalue weighted by Gasteiger charge is 2.64. The van der Waals surface area contributed by atoms with E-state index in [0.717, 1.165) is 44.9 Å². The van der Waals surface area contributed by atoms with Gasteiger partial charge in [-0.3, -0.25) is 14.4 Å². The predicted molar refractivity (Wildman–Crippen MR) is 139 cm³/mol. The molecule has 1 spiro atoms. The third kappa shape index (κ3) is 3.63. The molecule has 4 heteroatoms. The third-order valence-electron chi connectivity index (χ3n) is 11.5. The summed E-state index contributed by atoms with van der Waals surface area (Å²) >= 11 is 0. The van der Waals surface area contributed by atoms with Gasteiger partial charge in [-0.15, -0.1) is 0 Å². The molecule has 0 unspecified atom stereocenters. The molecule has 35 heavy (non-hydrogen) atoms. The molecular weight excluding hydrogens is 436 g/mol. The summed E-state index contributed by atoms with van der Waals surface area (Å²) in [5, 5.41) is 0. The first-order valence-corrected chi connectivity index (χ1v) is 13.8. The molecule has 0 heterocycles. The molecular formula is C31H46O4. The molecule has 0 aromatic rings. The van der Waals surface area contributed by atoms with E-state index in [1.807, 2.05) is 0 Å². The van der Waals surface area contributed by atoms with E-state index in [2.05, 4.69) is 41.2 Å². The van der Waals surface area contributed by atoms with Crippen molar-refractivity contribution in [3.05, 3.63) is 23.3 Å². The van der Waals surface area contributed by atoms with Gasteiger partial charge in [0.05, 0.1) is 13.0 Å². The zero-order valence-electron chi connectivity index (χ0n) is 23.1. The number of allylic oxidation sites excluding steroid dienone is 3. The number of rotatable bonds is 6. The van der Waals surface area contributed by atoms with Crippen LogP contribution in [0.25, 0.3) is 0 Å². The molecule has 0 aliphatic heterocycles. The molecule has 0 bridgehead atoms. The topological polar surface area (TPSA) is 60.4 Å². The third-order valence-corrected chi connectivity index (χ3v) is 11.5. The van der Waals surface area contributed by atoms with Gasteiger partial charge < -0.3 is 4.74 Å². The number of carbonyl (C=O) groups is 3. The molecule has 4 nitrogen and oxygen atoms in total. The molecule has 4 aliphatic rings. The van der Waals surface area contributed by atoms with Crippen molar-refractivity contribution in [2.45, 2.75) is 106 Å². The SMILES string of the molecule is C=C1CC[C@@](C)([C@H](C)CC(=O)C[C@@H](C)C(=O)OC)[C@@]12CCC1=C2CC[C@H]2C(C)(C)C(=O)CC[C@]12C.